The molecule has 0 bridgehead atoms. The predicted octanol–water partition coefficient (Wildman–Crippen LogP) is 3.11. The molecule has 4 rings (SSSR count). The Labute approximate surface area is 212 Å². The van der Waals surface area contributed by atoms with Gasteiger partial charge in [0.1, 0.15) is 5.75 Å². The van der Waals surface area contributed by atoms with Crippen molar-refractivity contribution in [3.05, 3.63) is 71.3 Å². The highest BCUT2D eigenvalue weighted by atomic mass is 19.4. The highest BCUT2D eigenvalue weighted by molar-refractivity contribution is 6.05. The number of benzene rings is 2. The Morgan fingerprint density at radius 1 is 1.08 bits per heavy atom. The molecule has 1 unspecified atom stereocenters. The van der Waals surface area contributed by atoms with Gasteiger partial charge in [0.25, 0.3) is 5.91 Å². The summed E-state index contributed by atoms with van der Waals surface area (Å²) in [5.41, 5.74) is 8.96. The number of rotatable bonds is 6. The zero-order valence-corrected chi connectivity index (χ0v) is 20.1. The van der Waals surface area contributed by atoms with E-state index in [0.29, 0.717) is 18.0 Å². The number of hydrazine groups is 2. The lowest BCUT2D eigenvalue weighted by molar-refractivity contribution is -0.274. The number of hydrogen-bond acceptors (Lipinski definition) is 7. The first kappa shape index (κ1) is 26.3. The highest BCUT2D eigenvalue weighted by Crippen LogP contribution is 2.33. The topological polar surface area (TPSA) is 130 Å². The van der Waals surface area contributed by atoms with Crippen molar-refractivity contribution in [2.24, 2.45) is 16.8 Å². The van der Waals surface area contributed by atoms with Crippen molar-refractivity contribution in [3.8, 4) is 5.75 Å². The molecule has 0 radical (unpaired) electrons. The average molecular weight is 518 g/mol. The molecule has 1 amide bonds. The fourth-order valence-corrected chi connectivity index (χ4v) is 4.70. The lowest BCUT2D eigenvalue weighted by Gasteiger charge is -2.35. The summed E-state index contributed by atoms with van der Waals surface area (Å²) >= 11 is 0. The second-order valence-corrected chi connectivity index (χ2v) is 9.00. The van der Waals surface area contributed by atoms with Crippen molar-refractivity contribution < 1.29 is 22.7 Å². The Hall–Kier alpha value is -3.77. The van der Waals surface area contributed by atoms with Gasteiger partial charge in [-0.25, -0.2) is 11.3 Å². The number of amides is 1. The van der Waals surface area contributed by atoms with Crippen LogP contribution < -0.4 is 32.6 Å². The normalized spacial score (nSPS) is 18.9. The largest absolute Gasteiger partial charge is 0.573 e. The van der Waals surface area contributed by atoms with Gasteiger partial charge in [0, 0.05) is 11.6 Å². The van der Waals surface area contributed by atoms with E-state index in [9.17, 15) is 18.0 Å². The lowest BCUT2D eigenvalue weighted by Crippen LogP contribution is -2.45. The number of halogens is 3. The molecule has 9 nitrogen and oxygen atoms in total. The van der Waals surface area contributed by atoms with E-state index in [-0.39, 0.29) is 17.8 Å². The van der Waals surface area contributed by atoms with E-state index in [4.69, 9.17) is 11.7 Å². The molecule has 12 heteroatoms. The molecule has 0 spiro atoms. The number of nitrogens with two attached hydrogens (primary N) is 2. The first-order chi connectivity index (χ1) is 17.8. The van der Waals surface area contributed by atoms with Crippen LogP contribution in [0.15, 0.2) is 59.7 Å². The Morgan fingerprint density at radius 2 is 1.76 bits per heavy atom. The van der Waals surface area contributed by atoms with E-state index in [1.54, 1.807) is 24.3 Å². The SMILES string of the molecule is N/N=C(\NN)NC(=O)c1ccc(CC2C=C(c3ccc(OC(F)(F)F)cc3)N(C3CCCCC3)N2)cc1. The summed E-state index contributed by atoms with van der Waals surface area (Å²) in [4.78, 5) is 12.3. The Kier molecular flexibility index (Phi) is 8.19. The number of guanidine groups is 1. The van der Waals surface area contributed by atoms with Crippen molar-refractivity contribution in [1.29, 1.82) is 0 Å². The molecule has 37 heavy (non-hydrogen) atoms. The Bertz CT molecular complexity index is 1130. The van der Waals surface area contributed by atoms with Crippen LogP contribution in [-0.2, 0) is 6.42 Å². The van der Waals surface area contributed by atoms with Gasteiger partial charge in [-0.05, 0) is 72.9 Å². The van der Waals surface area contributed by atoms with Crippen LogP contribution in [-0.4, -0.2) is 35.3 Å². The number of ether oxygens (including phenoxy) is 1. The number of carbonyl (C=O) groups excluding carboxylic acids is 1. The van der Waals surface area contributed by atoms with Crippen LogP contribution in [0, 0.1) is 0 Å². The first-order valence-electron chi connectivity index (χ1n) is 12.0. The number of carbonyl (C=O) groups is 1. The summed E-state index contributed by atoms with van der Waals surface area (Å²) in [6, 6.07) is 13.4. The van der Waals surface area contributed by atoms with Gasteiger partial charge >= 0.3 is 6.36 Å². The van der Waals surface area contributed by atoms with Gasteiger partial charge in [0.2, 0.25) is 5.96 Å². The zero-order chi connectivity index (χ0) is 26.4. The first-order valence-corrected chi connectivity index (χ1v) is 12.0. The minimum atomic E-state index is -4.73. The quantitative estimate of drug-likeness (QED) is 0.172. The fraction of sp³-hybridized carbons (Fsp3) is 0.360. The number of alkyl halides is 3. The van der Waals surface area contributed by atoms with Crippen molar-refractivity contribution >= 4 is 17.6 Å². The van der Waals surface area contributed by atoms with Gasteiger partial charge in [-0.3, -0.25) is 15.5 Å². The molecule has 198 valence electrons. The molecular formula is C25H30F3N7O2. The van der Waals surface area contributed by atoms with E-state index in [0.717, 1.165) is 42.5 Å². The van der Waals surface area contributed by atoms with Crippen LogP contribution in [0.3, 0.4) is 0 Å². The van der Waals surface area contributed by atoms with Gasteiger partial charge in [-0.1, -0.05) is 31.4 Å². The van der Waals surface area contributed by atoms with Gasteiger partial charge in [-0.2, -0.15) is 0 Å². The van der Waals surface area contributed by atoms with Gasteiger partial charge in [0.05, 0.1) is 11.7 Å². The monoisotopic (exact) mass is 517 g/mol. The third-order valence-corrected chi connectivity index (χ3v) is 6.42. The summed E-state index contributed by atoms with van der Waals surface area (Å²) in [5.74, 6) is 9.66. The summed E-state index contributed by atoms with van der Waals surface area (Å²) in [6.07, 6.45) is 3.60. The third-order valence-electron chi connectivity index (χ3n) is 6.42. The molecule has 0 aromatic heterocycles. The molecule has 1 aliphatic carbocycles. The molecule has 7 N–H and O–H groups in total. The smallest absolute Gasteiger partial charge is 0.406 e. The van der Waals surface area contributed by atoms with E-state index in [1.165, 1.54) is 18.6 Å². The molecule has 0 saturated heterocycles. The molecule has 1 heterocycles. The van der Waals surface area contributed by atoms with E-state index >= 15 is 0 Å². The second-order valence-electron chi connectivity index (χ2n) is 9.00. The third kappa shape index (κ3) is 6.92. The van der Waals surface area contributed by atoms with Crippen LogP contribution in [0.5, 0.6) is 5.75 Å². The molecule has 1 fully saturated rings. The van der Waals surface area contributed by atoms with Crippen molar-refractivity contribution in [2.45, 2.75) is 57.0 Å². The summed E-state index contributed by atoms with van der Waals surface area (Å²) in [7, 11) is 0. The molecule has 1 aliphatic heterocycles. The molecule has 2 aliphatic rings. The maximum absolute atomic E-state index is 12.6. The molecule has 2 aromatic carbocycles. The average Bonchev–Trinajstić information content (AvgIpc) is 3.31. The lowest BCUT2D eigenvalue weighted by atomic mass is 9.94. The molecule has 1 atom stereocenters. The van der Waals surface area contributed by atoms with Gasteiger partial charge < -0.3 is 15.6 Å². The minimum Gasteiger partial charge on any atom is -0.406 e. The highest BCUT2D eigenvalue weighted by Gasteiger charge is 2.32. The number of hydrogen-bond donors (Lipinski definition) is 5. The van der Waals surface area contributed by atoms with Gasteiger partial charge in [-0.15, -0.1) is 18.3 Å². The van der Waals surface area contributed by atoms with Crippen molar-refractivity contribution in [2.75, 3.05) is 0 Å². The summed E-state index contributed by atoms with van der Waals surface area (Å²) < 4.78 is 41.7. The molecule has 1 saturated carbocycles. The maximum Gasteiger partial charge on any atom is 0.573 e. The predicted molar refractivity (Wildman–Crippen MR) is 133 cm³/mol. The second kappa shape index (κ2) is 11.5. The fourth-order valence-electron chi connectivity index (χ4n) is 4.70. The summed E-state index contributed by atoms with van der Waals surface area (Å²) in [5, 5.41) is 7.95. The number of nitrogens with zero attached hydrogens (tertiary/aromatic N) is 2. The van der Waals surface area contributed by atoms with E-state index in [1.807, 2.05) is 12.1 Å². The van der Waals surface area contributed by atoms with Crippen LogP contribution in [0.4, 0.5) is 13.2 Å². The van der Waals surface area contributed by atoms with Gasteiger partial charge in [0.15, 0.2) is 0 Å². The number of nitrogens with one attached hydrogen (secondary N) is 3. The van der Waals surface area contributed by atoms with Crippen molar-refractivity contribution in [1.82, 2.24) is 21.2 Å². The Balaban J connectivity index is 1.49. The minimum absolute atomic E-state index is 0.0277. The van der Waals surface area contributed by atoms with Crippen LogP contribution in [0.25, 0.3) is 5.70 Å². The van der Waals surface area contributed by atoms with Crippen LogP contribution in [0.1, 0.15) is 53.6 Å². The maximum atomic E-state index is 12.6. The standard InChI is InChI=1S/C25H30F3N7O2/c26-25(27,28)37-21-12-10-17(11-13-21)22-15-19(34-35(22)20-4-2-1-3-5-20)14-16-6-8-18(9-7-16)23(36)31-24(32-29)33-30/h6-13,15,19-20,34H,1-5,14,29-30H2,(H2,31,32,33,36). The van der Waals surface area contributed by atoms with Crippen LogP contribution >= 0.6 is 0 Å². The molecular weight excluding hydrogens is 487 g/mol. The Morgan fingerprint density at radius 3 is 2.35 bits per heavy atom. The van der Waals surface area contributed by atoms with E-state index < -0.39 is 12.3 Å². The zero-order valence-electron chi connectivity index (χ0n) is 20.1. The van der Waals surface area contributed by atoms with Crippen molar-refractivity contribution in [3.63, 3.8) is 0 Å². The van der Waals surface area contributed by atoms with Crippen LogP contribution in [0.2, 0.25) is 0 Å². The van der Waals surface area contributed by atoms with E-state index in [2.05, 4.69) is 37.1 Å². The summed E-state index contributed by atoms with van der Waals surface area (Å²) in [6.45, 7) is 0. The number of hydrazone groups is 1. The molecule has 2 aromatic rings.